The minimum atomic E-state index is -0.603. The highest BCUT2D eigenvalue weighted by molar-refractivity contribution is 5.71. The maximum atomic E-state index is 10.8. The monoisotopic (exact) mass is 363 g/mol. The Morgan fingerprint density at radius 2 is 1.93 bits per heavy atom. The second-order valence-corrected chi connectivity index (χ2v) is 7.14. The molecule has 27 heavy (non-hydrogen) atoms. The fourth-order valence-electron chi connectivity index (χ4n) is 3.81. The molecule has 6 nitrogen and oxygen atoms in total. The average molecular weight is 363 g/mol. The van der Waals surface area contributed by atoms with Gasteiger partial charge in [0, 0.05) is 25.7 Å². The first-order chi connectivity index (χ1) is 13.2. The van der Waals surface area contributed by atoms with Crippen LogP contribution < -0.4 is 0 Å². The van der Waals surface area contributed by atoms with E-state index in [0.717, 1.165) is 49.3 Å². The van der Waals surface area contributed by atoms with Crippen LogP contribution in [-0.4, -0.2) is 44.0 Å². The Labute approximate surface area is 158 Å². The van der Waals surface area contributed by atoms with Gasteiger partial charge in [0.25, 0.3) is 0 Å². The van der Waals surface area contributed by atoms with E-state index < -0.39 is 6.10 Å². The number of rotatable bonds is 6. The van der Waals surface area contributed by atoms with Gasteiger partial charge in [-0.25, -0.2) is 9.97 Å². The molecule has 4 rings (SSSR count). The molecule has 1 aliphatic rings. The van der Waals surface area contributed by atoms with Gasteiger partial charge in [-0.3, -0.25) is 4.79 Å². The molecular formula is C21H23N4O2. The Balaban J connectivity index is 1.59. The highest BCUT2D eigenvalue weighted by Gasteiger charge is 2.23. The van der Waals surface area contributed by atoms with Gasteiger partial charge >= 0.3 is 6.41 Å². The highest BCUT2D eigenvalue weighted by Crippen LogP contribution is 2.25. The fraction of sp³-hybridized carbons (Fsp3) is 0.381. The highest BCUT2D eigenvalue weighted by atomic mass is 16.3. The number of aromatic nitrogens is 3. The smallest absolute Gasteiger partial charge is 0.312 e. The number of piperidine rings is 1. The molecule has 0 bridgehead atoms. The Morgan fingerprint density at radius 1 is 1.15 bits per heavy atom. The lowest BCUT2D eigenvalue weighted by Gasteiger charge is -2.28. The zero-order valence-corrected chi connectivity index (χ0v) is 15.2. The number of aliphatic hydroxyl groups is 1. The number of hydrogen-bond acceptors (Lipinski definition) is 4. The number of nitrogens with zero attached hydrogens (tertiary/aromatic N) is 4. The van der Waals surface area contributed by atoms with Gasteiger partial charge in [-0.2, -0.15) is 0 Å². The zero-order valence-electron chi connectivity index (χ0n) is 15.2. The summed E-state index contributed by atoms with van der Waals surface area (Å²) < 4.78 is 2.10. The number of benzene rings is 1. The molecule has 1 unspecified atom stereocenters. The van der Waals surface area contributed by atoms with Crippen LogP contribution in [0, 0.1) is 5.92 Å². The maximum Gasteiger partial charge on any atom is 0.312 e. The van der Waals surface area contributed by atoms with Gasteiger partial charge in [0.05, 0.1) is 18.2 Å². The van der Waals surface area contributed by atoms with Crippen LogP contribution in [0.3, 0.4) is 0 Å². The van der Waals surface area contributed by atoms with Crippen LogP contribution in [0.5, 0.6) is 0 Å². The average Bonchev–Trinajstić information content (AvgIpc) is 3.06. The number of imidazole rings is 1. The molecule has 1 fully saturated rings. The molecular weight excluding hydrogens is 340 g/mol. The lowest BCUT2D eigenvalue weighted by atomic mass is 9.93. The molecule has 1 amide bonds. The minimum absolute atomic E-state index is 0.447. The Kier molecular flexibility index (Phi) is 5.16. The molecule has 2 aromatic heterocycles. The van der Waals surface area contributed by atoms with Gasteiger partial charge in [0.2, 0.25) is 0 Å². The van der Waals surface area contributed by atoms with Gasteiger partial charge < -0.3 is 14.6 Å². The van der Waals surface area contributed by atoms with Crippen molar-refractivity contribution in [1.82, 2.24) is 19.4 Å². The van der Waals surface area contributed by atoms with E-state index in [1.807, 2.05) is 48.9 Å². The molecule has 139 valence electrons. The first kappa shape index (κ1) is 17.7. The molecule has 0 aliphatic carbocycles. The van der Waals surface area contributed by atoms with Crippen molar-refractivity contribution in [2.24, 2.45) is 5.92 Å². The van der Waals surface area contributed by atoms with Crippen molar-refractivity contribution in [1.29, 1.82) is 0 Å². The summed E-state index contributed by atoms with van der Waals surface area (Å²) in [4.78, 5) is 21.6. The molecule has 0 spiro atoms. The summed E-state index contributed by atoms with van der Waals surface area (Å²) in [6.45, 7) is 1.95. The number of pyridine rings is 1. The second kappa shape index (κ2) is 7.88. The van der Waals surface area contributed by atoms with Crippen LogP contribution in [-0.2, 0) is 17.8 Å². The van der Waals surface area contributed by atoms with Gasteiger partial charge in [-0.1, -0.05) is 30.3 Å². The van der Waals surface area contributed by atoms with E-state index >= 15 is 0 Å². The number of carbonyl (C=O) groups excluding carboxylic acids is 1. The summed E-state index contributed by atoms with van der Waals surface area (Å²) in [5.74, 6) is 1.42. The van der Waals surface area contributed by atoms with Crippen LogP contribution >= 0.6 is 0 Å². The van der Waals surface area contributed by atoms with E-state index in [1.165, 1.54) is 0 Å². The van der Waals surface area contributed by atoms with Crippen LogP contribution in [0.4, 0.5) is 0 Å². The van der Waals surface area contributed by atoms with Crippen LogP contribution in [0.25, 0.3) is 11.2 Å². The number of fused-ring (bicyclic) bond motifs is 1. The quantitative estimate of drug-likeness (QED) is 0.730. The third-order valence-corrected chi connectivity index (χ3v) is 5.36. The van der Waals surface area contributed by atoms with Gasteiger partial charge in [-0.05, 0) is 36.5 Å². The minimum Gasteiger partial charge on any atom is -0.387 e. The summed E-state index contributed by atoms with van der Waals surface area (Å²) in [5, 5.41) is 10.7. The van der Waals surface area contributed by atoms with E-state index in [0.29, 0.717) is 18.1 Å². The van der Waals surface area contributed by atoms with Crippen molar-refractivity contribution in [3.8, 4) is 0 Å². The fourth-order valence-corrected chi connectivity index (χ4v) is 3.81. The van der Waals surface area contributed by atoms with Gasteiger partial charge in [0.15, 0.2) is 5.65 Å². The molecule has 1 N–H and O–H groups in total. The molecule has 1 aliphatic heterocycles. The van der Waals surface area contributed by atoms with Crippen molar-refractivity contribution >= 4 is 17.6 Å². The topological polar surface area (TPSA) is 71.2 Å². The van der Waals surface area contributed by atoms with Crippen molar-refractivity contribution < 1.29 is 9.90 Å². The summed E-state index contributed by atoms with van der Waals surface area (Å²) in [7, 11) is 0. The van der Waals surface area contributed by atoms with E-state index in [2.05, 4.69) is 9.55 Å². The summed E-state index contributed by atoms with van der Waals surface area (Å²) in [5.41, 5.74) is 2.55. The first-order valence-corrected chi connectivity index (χ1v) is 9.40. The molecule has 3 aromatic rings. The lowest BCUT2D eigenvalue weighted by molar-refractivity contribution is 0.156. The normalized spacial score (nSPS) is 16.6. The molecule has 1 atom stereocenters. The van der Waals surface area contributed by atoms with Crippen molar-refractivity contribution in [3.05, 3.63) is 60.0 Å². The van der Waals surface area contributed by atoms with Crippen LogP contribution in [0.2, 0.25) is 0 Å². The standard InChI is InChI=1S/C21H23N4O2/c26-15-24-11-8-16(9-12-24)13-20-23-21-18(7-4-10-22-21)25(20)14-19(27)17-5-2-1-3-6-17/h1-7,10,16,19,27H,8-9,11-14H2. The summed E-state index contributed by atoms with van der Waals surface area (Å²) in [6.07, 6.45) is 5.85. The number of hydrogen-bond donors (Lipinski definition) is 1. The molecule has 1 radical (unpaired) electrons. The second-order valence-electron chi connectivity index (χ2n) is 7.14. The third kappa shape index (κ3) is 3.85. The Bertz CT molecular complexity index is 901. The van der Waals surface area contributed by atoms with E-state index in [9.17, 15) is 9.90 Å². The predicted octanol–water partition coefficient (Wildman–Crippen LogP) is 2.49. The largest absolute Gasteiger partial charge is 0.387 e. The first-order valence-electron chi connectivity index (χ1n) is 9.40. The summed E-state index contributed by atoms with van der Waals surface area (Å²) in [6, 6.07) is 13.6. The van der Waals surface area contributed by atoms with Crippen molar-refractivity contribution in [3.63, 3.8) is 0 Å². The molecule has 3 heterocycles. The van der Waals surface area contributed by atoms with E-state index in [-0.39, 0.29) is 0 Å². The molecule has 6 heteroatoms. The predicted molar refractivity (Wildman–Crippen MR) is 103 cm³/mol. The number of aliphatic hydroxyl groups excluding tert-OH is 1. The van der Waals surface area contributed by atoms with E-state index in [1.54, 1.807) is 11.1 Å². The van der Waals surface area contributed by atoms with Gasteiger partial charge in [-0.15, -0.1) is 0 Å². The third-order valence-electron chi connectivity index (χ3n) is 5.36. The lowest BCUT2D eigenvalue weighted by Crippen LogP contribution is -2.33. The Morgan fingerprint density at radius 3 is 2.67 bits per heavy atom. The van der Waals surface area contributed by atoms with Crippen LogP contribution in [0.15, 0.2) is 48.7 Å². The SMILES string of the molecule is O=[C]N1CCC(Cc2nc3ncccc3n2CC(O)c2ccccc2)CC1. The van der Waals surface area contributed by atoms with Crippen molar-refractivity contribution in [2.45, 2.75) is 31.9 Å². The van der Waals surface area contributed by atoms with Crippen LogP contribution in [0.1, 0.15) is 30.3 Å². The van der Waals surface area contributed by atoms with Crippen molar-refractivity contribution in [2.75, 3.05) is 13.1 Å². The molecule has 1 saturated heterocycles. The molecule has 0 saturated carbocycles. The van der Waals surface area contributed by atoms with Gasteiger partial charge in [0.1, 0.15) is 5.82 Å². The number of likely N-dealkylation sites (tertiary alicyclic amines) is 1. The summed E-state index contributed by atoms with van der Waals surface area (Å²) >= 11 is 0. The zero-order chi connectivity index (χ0) is 18.6. The Hall–Kier alpha value is -2.73. The number of amides is 1. The molecule has 1 aromatic carbocycles. The van der Waals surface area contributed by atoms with E-state index in [4.69, 9.17) is 4.98 Å². The maximum absolute atomic E-state index is 10.8.